The lowest BCUT2D eigenvalue weighted by atomic mass is 10.2. The van der Waals surface area contributed by atoms with Crippen molar-refractivity contribution in [2.45, 2.75) is 43.9 Å². The van der Waals surface area contributed by atoms with E-state index in [-0.39, 0.29) is 29.8 Å². The van der Waals surface area contributed by atoms with E-state index in [1.54, 1.807) is 0 Å². The molecule has 33 heavy (non-hydrogen) atoms. The maximum atomic E-state index is 13.5. The number of anilines is 1. The van der Waals surface area contributed by atoms with Crippen molar-refractivity contribution < 1.29 is 17.9 Å². The van der Waals surface area contributed by atoms with Crippen LogP contribution in [0.1, 0.15) is 36.5 Å². The second-order valence-corrected chi connectivity index (χ2v) is 10.6. The molecule has 180 valence electrons. The molecule has 1 atom stereocenters. The molecule has 2 aromatic rings. The van der Waals surface area contributed by atoms with Gasteiger partial charge in [-0.15, -0.1) is 0 Å². The maximum Gasteiger partial charge on any atom is 0.263 e. The largest absolute Gasteiger partial charge is 0.376 e. The highest BCUT2D eigenvalue weighted by Gasteiger charge is 2.35. The van der Waals surface area contributed by atoms with Gasteiger partial charge in [0.2, 0.25) is 5.03 Å². The molecule has 0 bridgehead atoms. The fraction of sp³-hybridized carbons (Fsp3) is 0.545. The standard InChI is InChI=1S/C22H30ClN5O4S/c1-2-9-27-16-18(21(29)24-15-17-6-5-14-32-17)22(25-27)33(30,31)28-12-10-26(11-13-28)20-8-4-3-7-19(20)23/h3-4,7-8,16-17H,2,5-6,9-15H2,1H3,(H,24,29). The number of nitrogens with one attached hydrogen (secondary N) is 1. The molecule has 1 unspecified atom stereocenters. The number of sulfonamides is 1. The number of rotatable bonds is 8. The second kappa shape index (κ2) is 10.4. The van der Waals surface area contributed by atoms with Crippen molar-refractivity contribution in [1.82, 2.24) is 19.4 Å². The van der Waals surface area contributed by atoms with Crippen LogP contribution in [0.4, 0.5) is 5.69 Å². The maximum absolute atomic E-state index is 13.5. The summed E-state index contributed by atoms with van der Waals surface area (Å²) in [7, 11) is -3.94. The minimum atomic E-state index is -3.94. The van der Waals surface area contributed by atoms with Crippen LogP contribution in [0.5, 0.6) is 0 Å². The Morgan fingerprint density at radius 1 is 1.24 bits per heavy atom. The third-order valence-corrected chi connectivity index (χ3v) is 8.11. The van der Waals surface area contributed by atoms with Crippen LogP contribution >= 0.6 is 11.6 Å². The molecular weight excluding hydrogens is 466 g/mol. The van der Waals surface area contributed by atoms with Crippen LogP contribution in [-0.2, 0) is 21.3 Å². The fourth-order valence-corrected chi connectivity index (χ4v) is 5.98. The van der Waals surface area contributed by atoms with Crippen molar-refractivity contribution >= 4 is 33.2 Å². The van der Waals surface area contributed by atoms with Crippen LogP contribution in [0.15, 0.2) is 35.5 Å². The summed E-state index contributed by atoms with van der Waals surface area (Å²) in [5.74, 6) is -0.443. The van der Waals surface area contributed by atoms with Crippen molar-refractivity contribution in [1.29, 1.82) is 0 Å². The van der Waals surface area contributed by atoms with E-state index >= 15 is 0 Å². The average molecular weight is 496 g/mol. The lowest BCUT2D eigenvalue weighted by molar-refractivity contribution is 0.0855. The Morgan fingerprint density at radius 3 is 2.67 bits per heavy atom. The minimum Gasteiger partial charge on any atom is -0.376 e. The van der Waals surface area contributed by atoms with Crippen LogP contribution in [0.3, 0.4) is 0 Å². The van der Waals surface area contributed by atoms with E-state index in [0.29, 0.717) is 37.8 Å². The number of aromatic nitrogens is 2. The van der Waals surface area contributed by atoms with Gasteiger partial charge in [-0.3, -0.25) is 9.48 Å². The van der Waals surface area contributed by atoms with Gasteiger partial charge in [-0.05, 0) is 31.4 Å². The third kappa shape index (κ3) is 5.34. The fourth-order valence-electron chi connectivity index (χ4n) is 4.20. The van der Waals surface area contributed by atoms with Crippen LogP contribution in [0.25, 0.3) is 0 Å². The Labute approximate surface area is 199 Å². The number of ether oxygens (including phenoxy) is 1. The van der Waals surface area contributed by atoms with Gasteiger partial charge in [0.1, 0.15) is 0 Å². The quantitative estimate of drug-likeness (QED) is 0.604. The summed E-state index contributed by atoms with van der Waals surface area (Å²) in [5.41, 5.74) is 0.965. The summed E-state index contributed by atoms with van der Waals surface area (Å²) in [5, 5.41) is 7.57. The molecule has 0 aliphatic carbocycles. The first-order chi connectivity index (χ1) is 15.9. The van der Waals surface area contributed by atoms with Gasteiger partial charge in [-0.1, -0.05) is 30.7 Å². The number of halogens is 1. The molecule has 3 heterocycles. The summed E-state index contributed by atoms with van der Waals surface area (Å²) in [6.07, 6.45) is 4.12. The Hall–Kier alpha value is -2.14. The molecule has 9 nitrogen and oxygen atoms in total. The predicted molar refractivity (Wildman–Crippen MR) is 126 cm³/mol. The normalized spacial score (nSPS) is 19.7. The topological polar surface area (TPSA) is 96.8 Å². The number of hydrogen-bond donors (Lipinski definition) is 1. The number of hydrogen-bond acceptors (Lipinski definition) is 6. The highest BCUT2D eigenvalue weighted by atomic mass is 35.5. The number of carbonyl (C=O) groups excluding carboxylic acids is 1. The van der Waals surface area contributed by atoms with Gasteiger partial charge in [-0.2, -0.15) is 9.40 Å². The zero-order valence-corrected chi connectivity index (χ0v) is 20.3. The van der Waals surface area contributed by atoms with Crippen molar-refractivity contribution in [3.05, 3.63) is 41.0 Å². The Kier molecular flexibility index (Phi) is 7.58. The number of carbonyl (C=O) groups is 1. The highest BCUT2D eigenvalue weighted by molar-refractivity contribution is 7.89. The van der Waals surface area contributed by atoms with Crippen molar-refractivity contribution in [3.63, 3.8) is 0 Å². The van der Waals surface area contributed by atoms with E-state index < -0.39 is 15.9 Å². The van der Waals surface area contributed by atoms with Gasteiger partial charge < -0.3 is 15.0 Å². The SMILES string of the molecule is CCCn1cc(C(=O)NCC2CCCO2)c(S(=O)(=O)N2CCN(c3ccccc3Cl)CC2)n1. The second-order valence-electron chi connectivity index (χ2n) is 8.30. The summed E-state index contributed by atoms with van der Waals surface area (Å²) >= 11 is 6.30. The molecule has 11 heteroatoms. The predicted octanol–water partition coefficient (Wildman–Crippen LogP) is 2.37. The number of benzene rings is 1. The number of piperazine rings is 1. The lowest BCUT2D eigenvalue weighted by Crippen LogP contribution is -2.49. The van der Waals surface area contributed by atoms with E-state index in [0.717, 1.165) is 24.9 Å². The van der Waals surface area contributed by atoms with E-state index in [1.165, 1.54) is 15.2 Å². The van der Waals surface area contributed by atoms with Crippen molar-refractivity contribution in [3.8, 4) is 0 Å². The molecule has 0 radical (unpaired) electrons. The van der Waals surface area contributed by atoms with Gasteiger partial charge in [-0.25, -0.2) is 8.42 Å². The minimum absolute atomic E-state index is 0.0300. The zero-order chi connectivity index (χ0) is 23.4. The summed E-state index contributed by atoms with van der Waals surface area (Å²) in [6, 6.07) is 7.52. The third-order valence-electron chi connectivity index (χ3n) is 5.96. The Balaban J connectivity index is 1.50. The van der Waals surface area contributed by atoms with E-state index in [9.17, 15) is 13.2 Å². The molecule has 2 aliphatic heterocycles. The first-order valence-electron chi connectivity index (χ1n) is 11.4. The zero-order valence-electron chi connectivity index (χ0n) is 18.7. The first kappa shape index (κ1) is 24.0. The Bertz CT molecular complexity index is 1080. The van der Waals surface area contributed by atoms with Crippen molar-refractivity contribution in [2.24, 2.45) is 0 Å². The van der Waals surface area contributed by atoms with E-state index in [1.807, 2.05) is 31.2 Å². The molecule has 2 aliphatic rings. The number of aryl methyl sites for hydroxylation is 1. The van der Waals surface area contributed by atoms with Crippen LogP contribution in [0.2, 0.25) is 5.02 Å². The molecule has 0 saturated carbocycles. The molecule has 1 amide bonds. The molecule has 1 aromatic carbocycles. The summed E-state index contributed by atoms with van der Waals surface area (Å²) in [4.78, 5) is 15.0. The number of para-hydroxylation sites is 1. The molecule has 1 aromatic heterocycles. The first-order valence-corrected chi connectivity index (χ1v) is 13.2. The molecule has 1 N–H and O–H groups in total. The van der Waals surface area contributed by atoms with Gasteiger partial charge in [0, 0.05) is 52.1 Å². The molecule has 4 rings (SSSR count). The van der Waals surface area contributed by atoms with Crippen LogP contribution in [0, 0.1) is 0 Å². The summed E-state index contributed by atoms with van der Waals surface area (Å²) < 4.78 is 35.5. The smallest absolute Gasteiger partial charge is 0.263 e. The molecular formula is C22H30ClN5O4S. The van der Waals surface area contributed by atoms with E-state index in [2.05, 4.69) is 15.3 Å². The monoisotopic (exact) mass is 495 g/mol. The summed E-state index contributed by atoms with van der Waals surface area (Å²) in [6.45, 7) is 5.11. The van der Waals surface area contributed by atoms with Gasteiger partial charge in [0.05, 0.1) is 22.4 Å². The molecule has 0 spiro atoms. The van der Waals surface area contributed by atoms with Gasteiger partial charge in [0.15, 0.2) is 0 Å². The molecule has 2 fully saturated rings. The van der Waals surface area contributed by atoms with E-state index in [4.69, 9.17) is 16.3 Å². The lowest BCUT2D eigenvalue weighted by Gasteiger charge is -2.35. The highest BCUT2D eigenvalue weighted by Crippen LogP contribution is 2.28. The van der Waals surface area contributed by atoms with Gasteiger partial charge in [0.25, 0.3) is 15.9 Å². The molecule has 2 saturated heterocycles. The van der Waals surface area contributed by atoms with Crippen LogP contribution < -0.4 is 10.2 Å². The van der Waals surface area contributed by atoms with Gasteiger partial charge >= 0.3 is 0 Å². The Morgan fingerprint density at radius 2 is 2.00 bits per heavy atom. The average Bonchev–Trinajstić information content (AvgIpc) is 3.49. The number of nitrogens with zero attached hydrogens (tertiary/aromatic N) is 4. The number of amides is 1. The van der Waals surface area contributed by atoms with Crippen LogP contribution in [-0.4, -0.2) is 73.8 Å². The van der Waals surface area contributed by atoms with Crippen molar-refractivity contribution in [2.75, 3.05) is 44.2 Å².